The summed E-state index contributed by atoms with van der Waals surface area (Å²) in [5, 5.41) is 0. The fourth-order valence-electron chi connectivity index (χ4n) is 0.902. The van der Waals surface area contributed by atoms with Crippen LogP contribution in [0.15, 0.2) is 16.6 Å². The van der Waals surface area contributed by atoms with Gasteiger partial charge in [-0.1, -0.05) is 0 Å². The molecule has 0 aliphatic carbocycles. The van der Waals surface area contributed by atoms with Gasteiger partial charge in [-0.15, -0.1) is 0 Å². The molecule has 1 aromatic carbocycles. The molecular weight excluding hydrogens is 237 g/mol. The van der Waals surface area contributed by atoms with Crippen LogP contribution in [0.5, 0.6) is 5.75 Å². The first-order valence-corrected chi connectivity index (χ1v) is 4.71. The normalized spacial score (nSPS) is 10.5. The Labute approximate surface area is 85.0 Å². The number of benzene rings is 1. The van der Waals surface area contributed by atoms with Gasteiger partial charge >= 0.3 is 0 Å². The van der Waals surface area contributed by atoms with E-state index in [0.29, 0.717) is 11.4 Å². The summed E-state index contributed by atoms with van der Waals surface area (Å²) >= 11 is 3.08. The molecule has 0 spiro atoms. The molecule has 1 aromatic rings. The van der Waals surface area contributed by atoms with Crippen LogP contribution in [0.25, 0.3) is 0 Å². The highest BCUT2D eigenvalue weighted by atomic mass is 79.9. The van der Waals surface area contributed by atoms with Crippen LogP contribution in [0.3, 0.4) is 0 Å². The molecule has 2 nitrogen and oxygen atoms in total. The topological polar surface area (TPSA) is 35.2 Å². The maximum Gasteiger partial charge on any atom is 0.159 e. The summed E-state index contributed by atoms with van der Waals surface area (Å²) in [6.07, 6.45) is -0.0274. The number of hydrogen-bond acceptors (Lipinski definition) is 2. The molecular formula is C9H11BrFNO. The molecule has 0 aliphatic rings. The first-order chi connectivity index (χ1) is 6.02. The molecule has 0 aliphatic heterocycles. The van der Waals surface area contributed by atoms with Gasteiger partial charge in [-0.05, 0) is 41.9 Å². The zero-order valence-corrected chi connectivity index (χ0v) is 9.06. The van der Waals surface area contributed by atoms with E-state index < -0.39 is 0 Å². The maximum absolute atomic E-state index is 13.0. The zero-order valence-electron chi connectivity index (χ0n) is 7.47. The Bertz CT molecular complexity index is 315. The Hall–Kier alpha value is -0.770. The second-order valence-corrected chi connectivity index (χ2v) is 3.74. The average molecular weight is 248 g/mol. The molecule has 2 N–H and O–H groups in total. The highest BCUT2D eigenvalue weighted by Gasteiger charge is 2.11. The zero-order chi connectivity index (χ0) is 10.0. The van der Waals surface area contributed by atoms with Crippen molar-refractivity contribution in [3.63, 3.8) is 0 Å². The van der Waals surface area contributed by atoms with E-state index in [9.17, 15) is 4.39 Å². The summed E-state index contributed by atoms with van der Waals surface area (Å²) in [5.74, 6) is -0.000139. The quantitative estimate of drug-likeness (QED) is 0.816. The molecule has 0 saturated carbocycles. The third kappa shape index (κ3) is 2.34. The molecule has 0 amide bonds. The van der Waals surface area contributed by atoms with Crippen molar-refractivity contribution in [1.82, 2.24) is 0 Å². The van der Waals surface area contributed by atoms with Gasteiger partial charge in [-0.25, -0.2) is 4.39 Å². The van der Waals surface area contributed by atoms with Gasteiger partial charge in [0.05, 0.1) is 16.3 Å². The minimum Gasteiger partial charge on any atom is -0.488 e. The lowest BCUT2D eigenvalue weighted by Crippen LogP contribution is -2.08. The van der Waals surface area contributed by atoms with Crippen LogP contribution in [0.2, 0.25) is 0 Å². The minimum absolute atomic E-state index is 0.0274. The fraction of sp³-hybridized carbons (Fsp3) is 0.333. The van der Waals surface area contributed by atoms with Crippen molar-refractivity contribution in [2.45, 2.75) is 20.0 Å². The number of nitrogens with two attached hydrogens (primary N) is 1. The van der Waals surface area contributed by atoms with Crippen molar-refractivity contribution < 1.29 is 9.13 Å². The lowest BCUT2D eigenvalue weighted by Gasteiger charge is -2.13. The number of ether oxygens (including phenoxy) is 1. The molecule has 13 heavy (non-hydrogen) atoms. The first kappa shape index (κ1) is 10.3. The molecule has 0 atom stereocenters. The fourth-order valence-corrected chi connectivity index (χ4v) is 1.36. The van der Waals surface area contributed by atoms with Crippen molar-refractivity contribution in [2.75, 3.05) is 5.73 Å². The third-order valence-corrected chi connectivity index (χ3v) is 2.17. The second-order valence-electron chi connectivity index (χ2n) is 2.95. The van der Waals surface area contributed by atoms with Crippen LogP contribution in [-0.4, -0.2) is 6.10 Å². The number of nitrogen functional groups attached to an aromatic ring is 1. The van der Waals surface area contributed by atoms with Crippen LogP contribution >= 0.6 is 15.9 Å². The van der Waals surface area contributed by atoms with E-state index in [1.165, 1.54) is 12.1 Å². The number of anilines is 1. The lowest BCUT2D eigenvalue weighted by atomic mass is 10.3. The number of rotatable bonds is 2. The largest absolute Gasteiger partial charge is 0.488 e. The standard InChI is InChI=1S/C9H11BrFNO/c1-5(2)13-9-7(12)4-3-6(11)8(9)10/h3-5H,12H2,1-2H3. The van der Waals surface area contributed by atoms with E-state index in [2.05, 4.69) is 15.9 Å². The highest BCUT2D eigenvalue weighted by Crippen LogP contribution is 2.34. The molecule has 0 radical (unpaired) electrons. The summed E-state index contributed by atoms with van der Waals surface area (Å²) in [7, 11) is 0. The summed E-state index contributed by atoms with van der Waals surface area (Å²) in [5.41, 5.74) is 6.05. The smallest absolute Gasteiger partial charge is 0.159 e. The average Bonchev–Trinajstić information content (AvgIpc) is 2.05. The molecule has 0 fully saturated rings. The van der Waals surface area contributed by atoms with Gasteiger partial charge in [-0.2, -0.15) is 0 Å². The summed E-state index contributed by atoms with van der Waals surface area (Å²) in [4.78, 5) is 0. The van der Waals surface area contributed by atoms with Gasteiger partial charge in [0.2, 0.25) is 0 Å². The van der Waals surface area contributed by atoms with Crippen LogP contribution in [0.1, 0.15) is 13.8 Å². The monoisotopic (exact) mass is 247 g/mol. The number of hydrogen-bond donors (Lipinski definition) is 1. The molecule has 0 aromatic heterocycles. The number of halogens is 2. The van der Waals surface area contributed by atoms with Crippen molar-refractivity contribution >= 4 is 21.6 Å². The minimum atomic E-state index is -0.371. The van der Waals surface area contributed by atoms with E-state index in [1.54, 1.807) is 0 Å². The predicted molar refractivity (Wildman–Crippen MR) is 54.3 cm³/mol. The Balaban J connectivity index is 3.10. The second kappa shape index (κ2) is 3.96. The molecule has 1 rings (SSSR count). The Morgan fingerprint density at radius 3 is 2.62 bits per heavy atom. The van der Waals surface area contributed by atoms with E-state index in [1.807, 2.05) is 13.8 Å². The van der Waals surface area contributed by atoms with Gasteiger partial charge in [0.15, 0.2) is 5.75 Å². The first-order valence-electron chi connectivity index (χ1n) is 3.92. The summed E-state index contributed by atoms with van der Waals surface area (Å²) in [6, 6.07) is 2.78. The van der Waals surface area contributed by atoms with Crippen LogP contribution in [0, 0.1) is 5.82 Å². The Morgan fingerprint density at radius 2 is 2.08 bits per heavy atom. The molecule has 4 heteroatoms. The van der Waals surface area contributed by atoms with Crippen molar-refractivity contribution in [3.05, 3.63) is 22.4 Å². The molecule has 0 saturated heterocycles. The van der Waals surface area contributed by atoms with Gasteiger partial charge in [-0.3, -0.25) is 0 Å². The van der Waals surface area contributed by atoms with Gasteiger partial charge < -0.3 is 10.5 Å². The van der Waals surface area contributed by atoms with E-state index in [-0.39, 0.29) is 16.4 Å². The lowest BCUT2D eigenvalue weighted by molar-refractivity contribution is 0.241. The van der Waals surface area contributed by atoms with E-state index >= 15 is 0 Å². The van der Waals surface area contributed by atoms with Gasteiger partial charge in [0.25, 0.3) is 0 Å². The van der Waals surface area contributed by atoms with E-state index in [4.69, 9.17) is 10.5 Å². The molecule has 0 unspecified atom stereocenters. The molecule has 0 heterocycles. The van der Waals surface area contributed by atoms with Crippen molar-refractivity contribution in [1.29, 1.82) is 0 Å². The van der Waals surface area contributed by atoms with Crippen molar-refractivity contribution in [3.8, 4) is 5.75 Å². The van der Waals surface area contributed by atoms with Crippen LogP contribution in [0.4, 0.5) is 10.1 Å². The van der Waals surface area contributed by atoms with Gasteiger partial charge in [0.1, 0.15) is 5.82 Å². The molecule has 72 valence electrons. The highest BCUT2D eigenvalue weighted by molar-refractivity contribution is 9.10. The maximum atomic E-state index is 13.0. The Morgan fingerprint density at radius 1 is 1.46 bits per heavy atom. The van der Waals surface area contributed by atoms with Crippen LogP contribution < -0.4 is 10.5 Å². The Kier molecular flexibility index (Phi) is 3.14. The third-order valence-electron chi connectivity index (χ3n) is 1.43. The van der Waals surface area contributed by atoms with Crippen molar-refractivity contribution in [2.24, 2.45) is 0 Å². The van der Waals surface area contributed by atoms with Gasteiger partial charge in [0, 0.05) is 0 Å². The predicted octanol–water partition coefficient (Wildman–Crippen LogP) is 2.96. The molecule has 0 bridgehead atoms. The SMILES string of the molecule is CC(C)Oc1c(N)ccc(F)c1Br. The summed E-state index contributed by atoms with van der Waals surface area (Å²) in [6.45, 7) is 3.72. The van der Waals surface area contributed by atoms with E-state index in [0.717, 1.165) is 0 Å². The van der Waals surface area contributed by atoms with Crippen LogP contribution in [-0.2, 0) is 0 Å². The summed E-state index contributed by atoms with van der Waals surface area (Å²) < 4.78 is 18.7.